The van der Waals surface area contributed by atoms with Crippen molar-refractivity contribution in [3.8, 4) is 36.4 Å². The minimum absolute atomic E-state index is 0.157. The molecule has 0 aromatic carbocycles. The number of allylic oxidation sites excluding steroid dienone is 1. The standard InChI is InChI=1S/C12H6N6/c1-10(2-11(4-13,5-14)6-15)3-12(7-16,8-17)9-18/h1-3H2. The maximum absolute atomic E-state index is 8.76. The van der Waals surface area contributed by atoms with Gasteiger partial charge in [0.15, 0.2) is 0 Å². The number of nitriles is 6. The van der Waals surface area contributed by atoms with Crippen molar-refractivity contribution in [3.05, 3.63) is 12.2 Å². The zero-order chi connectivity index (χ0) is 14.2. The van der Waals surface area contributed by atoms with Crippen LogP contribution in [0.4, 0.5) is 0 Å². The fourth-order valence-corrected chi connectivity index (χ4v) is 1.20. The average molecular weight is 234 g/mol. The Kier molecular flexibility index (Phi) is 4.63. The maximum atomic E-state index is 8.76. The second kappa shape index (κ2) is 5.68. The van der Waals surface area contributed by atoms with Crippen LogP contribution in [0.15, 0.2) is 12.2 Å². The lowest BCUT2D eigenvalue weighted by atomic mass is 9.79. The molecule has 6 nitrogen and oxygen atoms in total. The molecule has 18 heavy (non-hydrogen) atoms. The first-order chi connectivity index (χ1) is 8.46. The molecule has 0 heterocycles. The fourth-order valence-electron chi connectivity index (χ4n) is 1.20. The fraction of sp³-hybridized carbons (Fsp3) is 0.333. The van der Waals surface area contributed by atoms with Gasteiger partial charge >= 0.3 is 0 Å². The van der Waals surface area contributed by atoms with Gasteiger partial charge in [-0.25, -0.2) is 0 Å². The summed E-state index contributed by atoms with van der Waals surface area (Å²) in [6.07, 6.45) is -0.605. The van der Waals surface area contributed by atoms with Crippen LogP contribution in [0.1, 0.15) is 12.8 Å². The molecule has 0 aliphatic carbocycles. The van der Waals surface area contributed by atoms with E-state index in [2.05, 4.69) is 6.58 Å². The second-order valence-corrected chi connectivity index (χ2v) is 3.59. The summed E-state index contributed by atoms with van der Waals surface area (Å²) in [5.74, 6) is 0. The molecule has 0 rings (SSSR count). The summed E-state index contributed by atoms with van der Waals surface area (Å²) in [7, 11) is 0. The highest BCUT2D eigenvalue weighted by Gasteiger charge is 2.36. The molecular weight excluding hydrogens is 228 g/mol. The minimum atomic E-state index is -1.90. The summed E-state index contributed by atoms with van der Waals surface area (Å²) in [5, 5.41) is 52.6. The zero-order valence-electron chi connectivity index (χ0n) is 9.30. The Labute approximate surface area is 104 Å². The third-order valence-electron chi connectivity index (χ3n) is 2.18. The van der Waals surface area contributed by atoms with E-state index < -0.39 is 10.8 Å². The molecule has 6 heteroatoms. The smallest absolute Gasteiger partial charge is 0.195 e. The van der Waals surface area contributed by atoms with Crippen LogP contribution >= 0.6 is 0 Å². The van der Waals surface area contributed by atoms with Crippen molar-refractivity contribution in [1.29, 1.82) is 31.6 Å². The van der Waals surface area contributed by atoms with Crippen molar-refractivity contribution in [3.63, 3.8) is 0 Å². The van der Waals surface area contributed by atoms with E-state index in [-0.39, 0.29) is 18.4 Å². The van der Waals surface area contributed by atoms with E-state index in [9.17, 15) is 0 Å². The van der Waals surface area contributed by atoms with Crippen LogP contribution in [-0.4, -0.2) is 0 Å². The minimum Gasteiger partial charge on any atom is -0.195 e. The molecule has 84 valence electrons. The molecule has 0 N–H and O–H groups in total. The van der Waals surface area contributed by atoms with Gasteiger partial charge in [0.25, 0.3) is 0 Å². The van der Waals surface area contributed by atoms with Crippen LogP contribution in [0.5, 0.6) is 0 Å². The number of hydrogen-bond donors (Lipinski definition) is 0. The highest BCUT2D eigenvalue weighted by Crippen LogP contribution is 2.31. The highest BCUT2D eigenvalue weighted by atomic mass is 14.5. The largest absolute Gasteiger partial charge is 0.232 e. The van der Waals surface area contributed by atoms with E-state index in [1.807, 2.05) is 0 Å². The molecule has 0 bridgehead atoms. The molecule has 0 atom stereocenters. The Hall–Kier alpha value is -3.32. The lowest BCUT2D eigenvalue weighted by Gasteiger charge is -2.15. The lowest BCUT2D eigenvalue weighted by Crippen LogP contribution is -2.19. The highest BCUT2D eigenvalue weighted by molar-refractivity contribution is 5.33. The molecule has 0 spiro atoms. The van der Waals surface area contributed by atoms with Gasteiger partial charge in [-0.3, -0.25) is 0 Å². The predicted octanol–water partition coefficient (Wildman–Crippen LogP) is 1.44. The summed E-state index contributed by atoms with van der Waals surface area (Å²) in [6, 6.07) is 9.32. The van der Waals surface area contributed by atoms with Gasteiger partial charge < -0.3 is 0 Å². The van der Waals surface area contributed by atoms with Gasteiger partial charge in [-0.05, 0) is 0 Å². The summed E-state index contributed by atoms with van der Waals surface area (Å²) in [4.78, 5) is 0. The van der Waals surface area contributed by atoms with Gasteiger partial charge in [0, 0.05) is 12.8 Å². The van der Waals surface area contributed by atoms with Crippen molar-refractivity contribution in [2.45, 2.75) is 12.8 Å². The first-order valence-corrected chi connectivity index (χ1v) is 4.61. The Balaban J connectivity index is 5.11. The monoisotopic (exact) mass is 234 g/mol. The second-order valence-electron chi connectivity index (χ2n) is 3.59. The van der Waals surface area contributed by atoms with Gasteiger partial charge in [0.05, 0.1) is 0 Å². The first kappa shape index (κ1) is 14.7. The summed E-state index contributed by atoms with van der Waals surface area (Å²) >= 11 is 0. The molecule has 0 aromatic rings. The summed E-state index contributed by atoms with van der Waals surface area (Å²) < 4.78 is 0. The molecule has 0 fully saturated rings. The summed E-state index contributed by atoms with van der Waals surface area (Å²) in [5.41, 5.74) is -3.64. The number of nitrogens with zero attached hydrogens (tertiary/aromatic N) is 6. The number of rotatable bonds is 4. The SMILES string of the molecule is C=C(CC(C#N)(C#N)C#N)CC(C#N)(C#N)C#N. The van der Waals surface area contributed by atoms with Crippen molar-refractivity contribution < 1.29 is 0 Å². The van der Waals surface area contributed by atoms with Gasteiger partial charge in [-0.15, -0.1) is 0 Å². The first-order valence-electron chi connectivity index (χ1n) is 4.61. The maximum Gasteiger partial charge on any atom is 0.232 e. The van der Waals surface area contributed by atoms with E-state index in [4.69, 9.17) is 31.6 Å². The number of hydrogen-bond acceptors (Lipinski definition) is 6. The zero-order valence-corrected chi connectivity index (χ0v) is 9.30. The van der Waals surface area contributed by atoms with Gasteiger partial charge in [-0.2, -0.15) is 31.6 Å². The van der Waals surface area contributed by atoms with Crippen molar-refractivity contribution in [2.24, 2.45) is 10.8 Å². The Morgan fingerprint density at radius 1 is 0.667 bits per heavy atom. The van der Waals surface area contributed by atoms with Crippen LogP contribution in [0.3, 0.4) is 0 Å². The molecule has 0 aliphatic rings. The van der Waals surface area contributed by atoms with Gasteiger partial charge in [0.1, 0.15) is 36.4 Å². The molecule has 0 unspecified atom stereocenters. The lowest BCUT2D eigenvalue weighted by molar-refractivity contribution is 0.592. The topological polar surface area (TPSA) is 143 Å². The molecule has 0 aliphatic heterocycles. The third-order valence-corrected chi connectivity index (χ3v) is 2.18. The summed E-state index contributed by atoms with van der Waals surface area (Å²) in [6.45, 7) is 3.51. The van der Waals surface area contributed by atoms with Crippen LogP contribution < -0.4 is 0 Å². The molecule has 0 saturated heterocycles. The third kappa shape index (κ3) is 2.84. The Bertz CT molecular complexity index is 476. The Morgan fingerprint density at radius 2 is 0.889 bits per heavy atom. The van der Waals surface area contributed by atoms with E-state index in [1.54, 1.807) is 36.4 Å². The van der Waals surface area contributed by atoms with Crippen molar-refractivity contribution in [2.75, 3.05) is 0 Å². The van der Waals surface area contributed by atoms with E-state index in [0.29, 0.717) is 0 Å². The van der Waals surface area contributed by atoms with E-state index in [0.717, 1.165) is 0 Å². The molecular formula is C12H6N6. The van der Waals surface area contributed by atoms with Crippen LogP contribution in [0, 0.1) is 78.8 Å². The quantitative estimate of drug-likeness (QED) is 0.673. The van der Waals surface area contributed by atoms with Crippen LogP contribution in [0.2, 0.25) is 0 Å². The molecule has 0 aromatic heterocycles. The van der Waals surface area contributed by atoms with Gasteiger partial charge in [-0.1, -0.05) is 12.2 Å². The Morgan fingerprint density at radius 3 is 1.06 bits per heavy atom. The average Bonchev–Trinajstić information content (AvgIpc) is 2.42. The molecule has 0 amide bonds. The predicted molar refractivity (Wildman–Crippen MR) is 56.9 cm³/mol. The van der Waals surface area contributed by atoms with Gasteiger partial charge in [0.2, 0.25) is 10.8 Å². The van der Waals surface area contributed by atoms with Crippen molar-refractivity contribution in [1.82, 2.24) is 0 Å². The van der Waals surface area contributed by atoms with E-state index in [1.165, 1.54) is 0 Å². The molecule has 0 radical (unpaired) electrons. The van der Waals surface area contributed by atoms with E-state index >= 15 is 0 Å². The van der Waals surface area contributed by atoms with Crippen molar-refractivity contribution >= 4 is 0 Å². The normalized spacial score (nSPS) is 9.44. The molecule has 0 saturated carbocycles. The van der Waals surface area contributed by atoms with Crippen LogP contribution in [-0.2, 0) is 0 Å². The van der Waals surface area contributed by atoms with Crippen LogP contribution in [0.25, 0.3) is 0 Å².